The Kier molecular flexibility index (Phi) is 95.4. The third-order valence-corrected chi connectivity index (χ3v) is 14.3. The molecule has 0 aliphatic carbocycles. The van der Waals surface area contributed by atoms with Crippen LogP contribution in [0.4, 0.5) is 0 Å². The second-order valence-corrected chi connectivity index (χ2v) is 21.8. The molecule has 0 heterocycles. The van der Waals surface area contributed by atoms with Crippen molar-refractivity contribution in [3.05, 3.63) is 0 Å². The largest absolute Gasteiger partial charge is 1.00 e. The Hall–Kier alpha value is 10.7. The van der Waals surface area contributed by atoms with Crippen LogP contribution in [0.25, 0.3) is 0 Å². The van der Waals surface area contributed by atoms with Crippen molar-refractivity contribution < 1.29 is 417 Å². The zero-order chi connectivity index (χ0) is 35.7. The second-order valence-electron chi connectivity index (χ2n) is 8.73. The van der Waals surface area contributed by atoms with Crippen molar-refractivity contribution in [2.75, 3.05) is 37.7 Å². The minimum absolute atomic E-state index is 0. The minimum atomic E-state index is -6.86. The molecule has 266 valence electrons. The summed E-state index contributed by atoms with van der Waals surface area (Å²) in [7, 11) is -53.0. The van der Waals surface area contributed by atoms with Crippen LogP contribution < -0.4 is 380 Å². The Labute approximate surface area is 539 Å². The Morgan fingerprint density at radius 3 is 0.417 bits per heavy atom. The average molecular weight is 907 g/mol. The molecule has 60 heavy (non-hydrogen) atoms. The van der Waals surface area contributed by atoms with Crippen molar-refractivity contribution in [1.29, 1.82) is 0 Å². The SMILES string of the molecule is O=P([O-])([O-])CC(N(CCN(C(CP(=O)([O-])[O-])P(=O)([O-])[O-])C(CP(=O)([O-])[O-])P(=O)([O-])[O-])C(CP(=O)([O-])[O-])P(=O)([O-])[O-])P(=O)([O-])[O-].[Li+].[Li+].[Li+].[Li+].[Li+].[Li+].[Li+].[Li+].[Li+].[Li+].[Li+].[Li+].[Li+].[Li+].[Li+].[Li+]. The minimum Gasteiger partial charge on any atom is -0.811 e. The van der Waals surface area contributed by atoms with E-state index in [0.29, 0.717) is 0 Å². The van der Waals surface area contributed by atoms with Gasteiger partial charge < -0.3 is 115 Å². The summed E-state index contributed by atoms with van der Waals surface area (Å²) in [5, 5.41) is 0. The van der Waals surface area contributed by atoms with E-state index >= 15 is 0 Å². The van der Waals surface area contributed by atoms with Gasteiger partial charge in [-0.2, -0.15) is 0 Å². The van der Waals surface area contributed by atoms with Gasteiger partial charge in [0.15, 0.2) is 0 Å². The molecule has 0 aliphatic heterocycles. The van der Waals surface area contributed by atoms with Gasteiger partial charge in [0, 0.05) is 36.2 Å². The van der Waals surface area contributed by atoms with E-state index in [2.05, 4.69) is 0 Å². The Morgan fingerprint density at radius 2 is 0.350 bits per heavy atom. The fourth-order valence-electron chi connectivity index (χ4n) is 3.57. The normalized spacial score (nSPS) is 13.2. The van der Waals surface area contributed by atoms with Crippen LogP contribution in [0.1, 0.15) is 0 Å². The first-order chi connectivity index (χ1) is 18.9. The molecule has 0 spiro atoms. The zero-order valence-corrected chi connectivity index (χ0v) is 44.0. The third kappa shape index (κ3) is 54.9. The number of rotatable bonds is 19. The number of hydrogen-bond donors (Lipinski definition) is 0. The van der Waals surface area contributed by atoms with Gasteiger partial charge in [-0.05, 0) is 55.0 Å². The Morgan fingerprint density at radius 1 is 0.250 bits per heavy atom. The molecule has 26 nitrogen and oxygen atoms in total. The van der Waals surface area contributed by atoms with Crippen LogP contribution in [0.5, 0.6) is 0 Å². The van der Waals surface area contributed by atoms with Gasteiger partial charge in [0.05, 0.1) is 0 Å². The van der Waals surface area contributed by atoms with E-state index in [1.165, 1.54) is 0 Å². The standard InChI is InChI=1S/C10H32N2O24P8.16Li/c13-37(14,15)3-7(41(25,26)27)11(8(42(28,29)30)4-38(16,17)18)1-2-12(9(43(31,32)33)5-39(19,20)21)10(44(34,35)36)6-40(22,23)24;;;;;;;;;;;;;;;;/h7-10H,1-6H2,(H2,13,14,15)(H2,16,17,18)(H2,19,20,21)(H2,22,23,24)(H2,25,26,27)(H2,28,29,30)(H2,31,32,33)(H2,34,35,36);;;;;;;;;;;;;;;;/q;16*+1/p-16. The Bertz CT molecular complexity index is 1210. The number of hydrogen-bond acceptors (Lipinski definition) is 26. The molecule has 0 saturated heterocycles. The molecule has 0 aromatic heterocycles. The van der Waals surface area contributed by atoms with Crippen molar-refractivity contribution in [3.8, 4) is 0 Å². The zero-order valence-electron chi connectivity index (χ0n) is 36.8. The fourth-order valence-corrected chi connectivity index (χ4v) is 14.4. The topological polar surface area (TPSA) is 512 Å². The molecule has 0 rings (SSSR count). The summed E-state index contributed by atoms with van der Waals surface area (Å²) < 4.78 is 92.4. The van der Waals surface area contributed by atoms with Crippen molar-refractivity contribution in [2.45, 2.75) is 23.1 Å². The van der Waals surface area contributed by atoms with Crippen molar-refractivity contribution in [3.63, 3.8) is 0 Å². The van der Waals surface area contributed by atoms with Crippen LogP contribution >= 0.6 is 60.8 Å². The molecule has 0 bridgehead atoms. The van der Waals surface area contributed by atoms with Crippen LogP contribution in [0.15, 0.2) is 0 Å². The summed E-state index contributed by atoms with van der Waals surface area (Å²) in [5.41, 5.74) is 0. The van der Waals surface area contributed by atoms with E-state index in [9.17, 15) is 115 Å². The first kappa shape index (κ1) is 119. The van der Waals surface area contributed by atoms with E-state index in [-0.39, 0.29) is 302 Å². The van der Waals surface area contributed by atoms with Gasteiger partial charge in [-0.3, -0.25) is 9.80 Å². The van der Waals surface area contributed by atoms with Crippen molar-refractivity contribution in [1.82, 2.24) is 9.80 Å². The van der Waals surface area contributed by atoms with Crippen LogP contribution in [-0.4, -0.2) is 70.7 Å². The predicted molar refractivity (Wildman–Crippen MR) is 109 cm³/mol. The maximum atomic E-state index is 11.8. The summed E-state index contributed by atoms with van der Waals surface area (Å²) in [6, 6.07) is 0. The maximum Gasteiger partial charge on any atom is 1.00 e. The van der Waals surface area contributed by atoms with E-state index in [0.717, 1.165) is 0 Å². The first-order valence-electron chi connectivity index (χ1n) is 10.5. The molecular weight excluding hydrogens is 891 g/mol. The van der Waals surface area contributed by atoms with E-state index in [1.807, 2.05) is 0 Å². The quantitative estimate of drug-likeness (QED) is 0.0857. The van der Waals surface area contributed by atoms with Crippen molar-refractivity contribution in [2.24, 2.45) is 0 Å². The van der Waals surface area contributed by atoms with Gasteiger partial charge in [0.1, 0.15) is 0 Å². The predicted octanol–water partition coefficient (Wildman–Crippen LogP) is -61.7. The molecule has 0 N–H and O–H groups in total. The van der Waals surface area contributed by atoms with Gasteiger partial charge in [0.2, 0.25) is 0 Å². The van der Waals surface area contributed by atoms with Gasteiger partial charge in [-0.15, -0.1) is 0 Å². The number of nitrogens with zero attached hydrogens (tertiary/aromatic N) is 2. The summed E-state index contributed by atoms with van der Waals surface area (Å²) in [4.78, 5) is 183. The summed E-state index contributed by atoms with van der Waals surface area (Å²) >= 11 is 0. The molecule has 0 aromatic carbocycles. The molecule has 50 heteroatoms. The average Bonchev–Trinajstić information content (AvgIpc) is 2.66. The van der Waals surface area contributed by atoms with Gasteiger partial charge in [-0.25, -0.2) is 0 Å². The molecule has 0 radical (unpaired) electrons. The third-order valence-electron chi connectivity index (χ3n) is 5.16. The molecule has 4 atom stereocenters. The molecule has 0 fully saturated rings. The van der Waals surface area contributed by atoms with Gasteiger partial charge in [0.25, 0.3) is 0 Å². The van der Waals surface area contributed by atoms with Crippen LogP contribution in [-0.2, 0) is 36.5 Å². The van der Waals surface area contributed by atoms with Gasteiger partial charge >= 0.3 is 302 Å². The maximum absolute atomic E-state index is 11.8. The first-order valence-corrected chi connectivity index (χ1v) is 23.8. The molecule has 0 aromatic rings. The molecule has 4 unspecified atom stereocenters. The van der Waals surface area contributed by atoms with Gasteiger partial charge in [-0.1, -0.05) is 30.4 Å². The smallest absolute Gasteiger partial charge is 0.811 e. The van der Waals surface area contributed by atoms with Crippen LogP contribution in [0, 0.1) is 0 Å². The van der Waals surface area contributed by atoms with Crippen LogP contribution in [0.3, 0.4) is 0 Å². The molecule has 0 saturated carbocycles. The van der Waals surface area contributed by atoms with E-state index in [1.54, 1.807) is 0 Å². The Balaban J connectivity index is -0.0000000770. The molecule has 0 amide bonds. The monoisotopic (exact) mass is 908 g/mol. The van der Waals surface area contributed by atoms with E-state index in [4.69, 9.17) is 0 Å². The second kappa shape index (κ2) is 48.1. The van der Waals surface area contributed by atoms with Crippen molar-refractivity contribution >= 4 is 60.8 Å². The molecular formula is C10H16Li16N2O24P8. The summed E-state index contributed by atoms with van der Waals surface area (Å²) in [6.07, 6.45) is -10.3. The van der Waals surface area contributed by atoms with Crippen LogP contribution in [0.2, 0.25) is 0 Å². The summed E-state index contributed by atoms with van der Waals surface area (Å²) in [6.45, 7) is -4.43. The summed E-state index contributed by atoms with van der Waals surface area (Å²) in [5.74, 6) is -14.9. The molecule has 0 aliphatic rings. The fraction of sp³-hybridized carbons (Fsp3) is 1.00. The van der Waals surface area contributed by atoms with E-state index < -0.39 is 131 Å².